The highest BCUT2D eigenvalue weighted by Gasteiger charge is 2.03. The van der Waals surface area contributed by atoms with Gasteiger partial charge in [-0.25, -0.2) is 15.0 Å². The van der Waals surface area contributed by atoms with Crippen LogP contribution in [0.1, 0.15) is 5.56 Å². The average Bonchev–Trinajstić information content (AvgIpc) is 2.74. The third-order valence-corrected chi connectivity index (χ3v) is 2.42. The molecule has 0 saturated heterocycles. The summed E-state index contributed by atoms with van der Waals surface area (Å²) < 4.78 is 5.07. The van der Waals surface area contributed by atoms with Crippen molar-refractivity contribution in [3.8, 4) is 0 Å². The van der Waals surface area contributed by atoms with Crippen LogP contribution in [0.25, 0.3) is 0 Å². The molecule has 6 heteroatoms. The third kappa shape index (κ3) is 2.77. The third-order valence-electron chi connectivity index (χ3n) is 1.65. The van der Waals surface area contributed by atoms with E-state index in [4.69, 9.17) is 4.42 Å². The molecule has 0 aliphatic rings. The minimum Gasteiger partial charge on any atom is -0.440 e. The van der Waals surface area contributed by atoms with Crippen LogP contribution in [0.4, 0.5) is 0 Å². The summed E-state index contributed by atoms with van der Waals surface area (Å²) in [6.45, 7) is 0.768. The van der Waals surface area contributed by atoms with Crippen LogP contribution in [0.15, 0.2) is 39.7 Å². The molecule has 0 aromatic carbocycles. The van der Waals surface area contributed by atoms with Gasteiger partial charge < -0.3 is 9.73 Å². The van der Waals surface area contributed by atoms with Gasteiger partial charge in [-0.05, 0) is 7.05 Å². The fourth-order valence-electron chi connectivity index (χ4n) is 1.03. The van der Waals surface area contributed by atoms with E-state index in [1.807, 2.05) is 7.05 Å². The SMILES string of the molecule is CNCc1cnc(Sc2ncco2)nc1. The van der Waals surface area contributed by atoms with E-state index in [-0.39, 0.29) is 0 Å². The Morgan fingerprint density at radius 3 is 2.73 bits per heavy atom. The maximum Gasteiger partial charge on any atom is 0.263 e. The van der Waals surface area contributed by atoms with E-state index in [0.717, 1.165) is 12.1 Å². The van der Waals surface area contributed by atoms with Gasteiger partial charge in [0.1, 0.15) is 6.26 Å². The number of hydrogen-bond acceptors (Lipinski definition) is 6. The smallest absolute Gasteiger partial charge is 0.263 e. The summed E-state index contributed by atoms with van der Waals surface area (Å²) in [6, 6.07) is 0. The fraction of sp³-hybridized carbons (Fsp3) is 0.222. The first kappa shape index (κ1) is 10.1. The van der Waals surface area contributed by atoms with Crippen molar-refractivity contribution < 1.29 is 4.42 Å². The van der Waals surface area contributed by atoms with Gasteiger partial charge in [-0.2, -0.15) is 0 Å². The summed E-state index contributed by atoms with van der Waals surface area (Å²) in [5.41, 5.74) is 1.05. The molecule has 0 unspecified atom stereocenters. The molecule has 0 fully saturated rings. The normalized spacial score (nSPS) is 10.5. The molecule has 2 aromatic heterocycles. The van der Waals surface area contributed by atoms with Gasteiger partial charge in [0.05, 0.1) is 6.20 Å². The summed E-state index contributed by atoms with van der Waals surface area (Å²) in [5.74, 6) is 0. The van der Waals surface area contributed by atoms with Crippen molar-refractivity contribution in [1.29, 1.82) is 0 Å². The first-order chi connectivity index (χ1) is 7.38. The Bertz CT molecular complexity index is 401. The molecule has 0 aliphatic heterocycles. The maximum atomic E-state index is 5.07. The number of oxazole rings is 1. The van der Waals surface area contributed by atoms with Gasteiger partial charge >= 0.3 is 0 Å². The second kappa shape index (κ2) is 4.90. The molecule has 0 spiro atoms. The summed E-state index contributed by atoms with van der Waals surface area (Å²) >= 11 is 1.30. The number of rotatable bonds is 4. The molecule has 15 heavy (non-hydrogen) atoms. The highest BCUT2D eigenvalue weighted by molar-refractivity contribution is 7.98. The first-order valence-electron chi connectivity index (χ1n) is 4.41. The van der Waals surface area contributed by atoms with Crippen LogP contribution < -0.4 is 5.32 Å². The van der Waals surface area contributed by atoms with Gasteiger partial charge in [-0.3, -0.25) is 0 Å². The van der Waals surface area contributed by atoms with Crippen LogP contribution in [-0.4, -0.2) is 22.0 Å². The van der Waals surface area contributed by atoms with E-state index in [2.05, 4.69) is 20.3 Å². The zero-order chi connectivity index (χ0) is 10.5. The average molecular weight is 222 g/mol. The van der Waals surface area contributed by atoms with Gasteiger partial charge in [0.2, 0.25) is 0 Å². The lowest BCUT2D eigenvalue weighted by Gasteiger charge is -1.99. The van der Waals surface area contributed by atoms with Crippen molar-refractivity contribution >= 4 is 11.8 Å². The summed E-state index contributed by atoms with van der Waals surface area (Å²) in [6.07, 6.45) is 6.69. The highest BCUT2D eigenvalue weighted by Crippen LogP contribution is 2.21. The van der Waals surface area contributed by atoms with Crippen LogP contribution in [0.3, 0.4) is 0 Å². The van der Waals surface area contributed by atoms with E-state index < -0.39 is 0 Å². The van der Waals surface area contributed by atoms with E-state index >= 15 is 0 Å². The highest BCUT2D eigenvalue weighted by atomic mass is 32.2. The van der Waals surface area contributed by atoms with Gasteiger partial charge in [0.15, 0.2) is 5.16 Å². The quantitative estimate of drug-likeness (QED) is 0.787. The minimum absolute atomic E-state index is 0.552. The molecular weight excluding hydrogens is 212 g/mol. The largest absolute Gasteiger partial charge is 0.440 e. The molecule has 0 bridgehead atoms. The molecule has 0 atom stereocenters. The summed E-state index contributed by atoms with van der Waals surface area (Å²) in [4.78, 5) is 12.3. The van der Waals surface area contributed by atoms with Gasteiger partial charge in [-0.15, -0.1) is 0 Å². The number of nitrogens with zero attached hydrogens (tertiary/aromatic N) is 3. The minimum atomic E-state index is 0.552. The molecule has 2 aromatic rings. The van der Waals surface area contributed by atoms with Crippen LogP contribution in [-0.2, 0) is 6.54 Å². The lowest BCUT2D eigenvalue weighted by atomic mass is 10.3. The van der Waals surface area contributed by atoms with E-state index in [1.165, 1.54) is 18.0 Å². The van der Waals surface area contributed by atoms with Crippen LogP contribution in [0.2, 0.25) is 0 Å². The van der Waals surface area contributed by atoms with Gasteiger partial charge in [0, 0.05) is 36.3 Å². The maximum absolute atomic E-state index is 5.07. The predicted molar refractivity (Wildman–Crippen MR) is 55.4 cm³/mol. The van der Waals surface area contributed by atoms with E-state index in [9.17, 15) is 0 Å². The molecule has 0 amide bonds. The molecule has 0 radical (unpaired) electrons. The zero-order valence-corrected chi connectivity index (χ0v) is 8.99. The summed E-state index contributed by atoms with van der Waals surface area (Å²) in [5, 5.41) is 4.22. The Balaban J connectivity index is 2.04. The van der Waals surface area contributed by atoms with Crippen LogP contribution >= 0.6 is 11.8 Å². The molecule has 5 nitrogen and oxygen atoms in total. The van der Waals surface area contributed by atoms with Crippen molar-refractivity contribution in [1.82, 2.24) is 20.3 Å². The van der Waals surface area contributed by atoms with Gasteiger partial charge in [0.25, 0.3) is 5.22 Å². The van der Waals surface area contributed by atoms with Gasteiger partial charge in [-0.1, -0.05) is 0 Å². The number of hydrogen-bond donors (Lipinski definition) is 1. The molecule has 1 N–H and O–H groups in total. The first-order valence-corrected chi connectivity index (χ1v) is 5.23. The van der Waals surface area contributed by atoms with Crippen molar-refractivity contribution in [2.45, 2.75) is 16.9 Å². The Hall–Kier alpha value is -1.40. The van der Waals surface area contributed by atoms with Crippen molar-refractivity contribution in [3.63, 3.8) is 0 Å². The molecular formula is C9H10N4OS. The fourth-order valence-corrected chi connectivity index (χ4v) is 1.61. The summed E-state index contributed by atoms with van der Waals surface area (Å²) in [7, 11) is 1.88. The van der Waals surface area contributed by atoms with E-state index in [1.54, 1.807) is 18.6 Å². The Morgan fingerprint density at radius 1 is 1.33 bits per heavy atom. The zero-order valence-electron chi connectivity index (χ0n) is 8.17. The standard InChI is InChI=1S/C9H10N4OS/c1-10-4-7-5-12-8(13-6-7)15-9-11-2-3-14-9/h2-3,5-6,10H,4H2,1H3. The lowest BCUT2D eigenvalue weighted by molar-refractivity contribution is 0.453. The second-order valence-corrected chi connectivity index (χ2v) is 3.72. The van der Waals surface area contributed by atoms with Crippen LogP contribution in [0, 0.1) is 0 Å². The van der Waals surface area contributed by atoms with Crippen molar-refractivity contribution in [2.75, 3.05) is 7.05 Å². The Morgan fingerprint density at radius 2 is 2.13 bits per heavy atom. The molecule has 0 aliphatic carbocycles. The molecule has 0 saturated carbocycles. The van der Waals surface area contributed by atoms with Crippen molar-refractivity contribution in [2.24, 2.45) is 0 Å². The predicted octanol–water partition coefficient (Wildman–Crippen LogP) is 1.34. The molecule has 78 valence electrons. The van der Waals surface area contributed by atoms with E-state index in [0.29, 0.717) is 10.4 Å². The Kier molecular flexibility index (Phi) is 3.31. The van der Waals surface area contributed by atoms with Crippen molar-refractivity contribution in [3.05, 3.63) is 30.4 Å². The number of aromatic nitrogens is 3. The monoisotopic (exact) mass is 222 g/mol. The Labute approximate surface area is 91.3 Å². The molecule has 2 rings (SSSR count). The van der Waals surface area contributed by atoms with Crippen LogP contribution in [0.5, 0.6) is 0 Å². The molecule has 2 heterocycles. The second-order valence-electron chi connectivity index (χ2n) is 2.80. The lowest BCUT2D eigenvalue weighted by Crippen LogP contribution is -2.05. The topological polar surface area (TPSA) is 63.8 Å². The number of nitrogens with one attached hydrogen (secondary N) is 1.